The summed E-state index contributed by atoms with van der Waals surface area (Å²) in [4.78, 5) is 10.4. The average Bonchev–Trinajstić information content (AvgIpc) is 2.28. The molecule has 5 heteroatoms. The van der Waals surface area contributed by atoms with Gasteiger partial charge in [0.15, 0.2) is 0 Å². The van der Waals surface area contributed by atoms with Gasteiger partial charge < -0.3 is 15.6 Å². The van der Waals surface area contributed by atoms with Gasteiger partial charge in [-0.05, 0) is 30.2 Å². The highest BCUT2D eigenvalue weighted by molar-refractivity contribution is 6.32. The van der Waals surface area contributed by atoms with Gasteiger partial charge in [-0.3, -0.25) is 0 Å². The van der Waals surface area contributed by atoms with Crippen LogP contribution in [0, 0.1) is 6.92 Å². The Morgan fingerprint density at radius 1 is 1.59 bits per heavy atom. The number of ether oxygens (including phenoxy) is 1. The van der Waals surface area contributed by atoms with Crippen LogP contribution in [0.5, 0.6) is 5.75 Å². The van der Waals surface area contributed by atoms with Crippen LogP contribution in [-0.4, -0.2) is 18.2 Å². The number of hydrogen-bond acceptors (Lipinski definition) is 3. The van der Waals surface area contributed by atoms with Crippen molar-refractivity contribution in [3.05, 3.63) is 40.4 Å². The van der Waals surface area contributed by atoms with Crippen LogP contribution in [0.25, 0.3) is 0 Å². The molecule has 1 unspecified atom stereocenters. The van der Waals surface area contributed by atoms with E-state index in [9.17, 15) is 4.79 Å². The summed E-state index contributed by atoms with van der Waals surface area (Å²) in [5, 5.41) is 8.98. The van der Waals surface area contributed by atoms with E-state index in [2.05, 4.69) is 0 Å². The van der Waals surface area contributed by atoms with Crippen molar-refractivity contribution >= 4 is 17.6 Å². The predicted molar refractivity (Wildman–Crippen MR) is 66.4 cm³/mol. The van der Waals surface area contributed by atoms with E-state index in [1.165, 1.54) is 13.2 Å². The third-order valence-electron chi connectivity index (χ3n) is 2.35. The van der Waals surface area contributed by atoms with Gasteiger partial charge in [0, 0.05) is 12.1 Å². The lowest BCUT2D eigenvalue weighted by Crippen LogP contribution is -2.09. The molecule has 0 heterocycles. The van der Waals surface area contributed by atoms with Crippen LogP contribution < -0.4 is 10.5 Å². The lowest BCUT2D eigenvalue weighted by atomic mass is 10.0. The summed E-state index contributed by atoms with van der Waals surface area (Å²) in [7, 11) is 1.53. The molecule has 1 rings (SSSR count). The first-order valence-corrected chi connectivity index (χ1v) is 5.34. The van der Waals surface area contributed by atoms with Crippen molar-refractivity contribution in [3.63, 3.8) is 0 Å². The average molecular weight is 256 g/mol. The minimum absolute atomic E-state index is 0.451. The second-order valence-corrected chi connectivity index (χ2v) is 3.97. The van der Waals surface area contributed by atoms with Gasteiger partial charge in [-0.1, -0.05) is 17.7 Å². The molecule has 0 aromatic heterocycles. The van der Waals surface area contributed by atoms with Crippen LogP contribution in [0.2, 0.25) is 5.02 Å². The van der Waals surface area contributed by atoms with Crippen molar-refractivity contribution in [1.29, 1.82) is 0 Å². The van der Waals surface area contributed by atoms with Crippen molar-refractivity contribution in [2.75, 3.05) is 7.11 Å². The monoisotopic (exact) mass is 255 g/mol. The first-order valence-electron chi connectivity index (χ1n) is 4.96. The minimum atomic E-state index is -1.03. The Hall–Kier alpha value is -1.52. The molecule has 1 aromatic carbocycles. The third kappa shape index (κ3) is 3.47. The van der Waals surface area contributed by atoms with Crippen molar-refractivity contribution < 1.29 is 14.6 Å². The lowest BCUT2D eigenvalue weighted by Gasteiger charge is -2.13. The third-order valence-corrected chi connectivity index (χ3v) is 2.64. The zero-order valence-electron chi connectivity index (χ0n) is 9.61. The van der Waals surface area contributed by atoms with Gasteiger partial charge in [-0.25, -0.2) is 4.79 Å². The van der Waals surface area contributed by atoms with E-state index in [4.69, 9.17) is 27.2 Å². The van der Waals surface area contributed by atoms with Crippen LogP contribution in [-0.2, 0) is 4.79 Å². The highest BCUT2D eigenvalue weighted by Crippen LogP contribution is 2.30. The van der Waals surface area contributed by atoms with E-state index < -0.39 is 12.0 Å². The second-order valence-electron chi connectivity index (χ2n) is 3.57. The molecule has 3 N–H and O–H groups in total. The zero-order valence-corrected chi connectivity index (χ0v) is 10.4. The number of rotatable bonds is 4. The lowest BCUT2D eigenvalue weighted by molar-refractivity contribution is -0.131. The number of hydrogen-bond donors (Lipinski definition) is 2. The fourth-order valence-corrected chi connectivity index (χ4v) is 1.72. The molecule has 0 aliphatic heterocycles. The van der Waals surface area contributed by atoms with E-state index in [1.54, 1.807) is 12.1 Å². The van der Waals surface area contributed by atoms with E-state index >= 15 is 0 Å². The Kier molecular flexibility index (Phi) is 4.54. The van der Waals surface area contributed by atoms with Gasteiger partial charge in [0.1, 0.15) is 5.75 Å². The largest absolute Gasteiger partial charge is 0.495 e. The molecule has 0 radical (unpaired) electrons. The van der Waals surface area contributed by atoms with Gasteiger partial charge >= 0.3 is 5.97 Å². The number of halogens is 1. The number of nitrogens with two attached hydrogens (primary N) is 1. The zero-order chi connectivity index (χ0) is 13.0. The molecule has 0 spiro atoms. The van der Waals surface area contributed by atoms with Gasteiger partial charge in [0.2, 0.25) is 0 Å². The number of benzene rings is 1. The Bertz CT molecular complexity index is 457. The molecule has 4 nitrogen and oxygen atoms in total. The standard InChI is InChI=1S/C12H14ClNO3/c1-7-5-11(17-2)9(13)6-8(7)10(14)3-4-12(15)16/h3-6,10H,14H2,1-2H3,(H,15,16)/b4-3+. The highest BCUT2D eigenvalue weighted by Gasteiger charge is 2.10. The number of methoxy groups -OCH3 is 1. The van der Waals surface area contributed by atoms with Crippen LogP contribution in [0.1, 0.15) is 17.2 Å². The SMILES string of the molecule is COc1cc(C)c(C(N)/C=C/C(=O)O)cc1Cl. The minimum Gasteiger partial charge on any atom is -0.495 e. The first-order chi connectivity index (χ1) is 7.95. The molecule has 0 saturated heterocycles. The number of carboxylic acid groups (broad SMARTS) is 1. The number of aliphatic carboxylic acids is 1. The number of carbonyl (C=O) groups is 1. The maximum absolute atomic E-state index is 10.4. The van der Waals surface area contributed by atoms with E-state index in [1.807, 2.05) is 6.92 Å². The molecule has 1 atom stereocenters. The van der Waals surface area contributed by atoms with Crippen molar-refractivity contribution in [3.8, 4) is 5.75 Å². The molecule has 1 aromatic rings. The molecule has 0 bridgehead atoms. The van der Waals surface area contributed by atoms with Gasteiger partial charge in [0.25, 0.3) is 0 Å². The van der Waals surface area contributed by atoms with Gasteiger partial charge in [-0.15, -0.1) is 0 Å². The Morgan fingerprint density at radius 2 is 2.24 bits per heavy atom. The summed E-state index contributed by atoms with van der Waals surface area (Å²) >= 11 is 5.99. The van der Waals surface area contributed by atoms with Crippen LogP contribution in [0.3, 0.4) is 0 Å². The van der Waals surface area contributed by atoms with Gasteiger partial charge in [0.05, 0.1) is 12.1 Å². The Morgan fingerprint density at radius 3 is 2.76 bits per heavy atom. The number of aryl methyl sites for hydroxylation is 1. The Balaban J connectivity index is 3.06. The molecule has 0 saturated carbocycles. The molecule has 0 aliphatic carbocycles. The summed E-state index contributed by atoms with van der Waals surface area (Å²) in [6, 6.07) is 2.95. The molecule has 0 amide bonds. The maximum atomic E-state index is 10.4. The van der Waals surface area contributed by atoms with Crippen LogP contribution >= 0.6 is 11.6 Å². The smallest absolute Gasteiger partial charge is 0.328 e. The maximum Gasteiger partial charge on any atom is 0.328 e. The van der Waals surface area contributed by atoms with E-state index in [-0.39, 0.29) is 0 Å². The van der Waals surface area contributed by atoms with Crippen molar-refractivity contribution in [2.45, 2.75) is 13.0 Å². The number of carboxylic acids is 1. The van der Waals surface area contributed by atoms with E-state index in [0.717, 1.165) is 17.2 Å². The Labute approximate surface area is 105 Å². The first kappa shape index (κ1) is 13.5. The molecule has 0 fully saturated rings. The molecule has 17 heavy (non-hydrogen) atoms. The fourth-order valence-electron chi connectivity index (χ4n) is 1.48. The summed E-state index contributed by atoms with van der Waals surface area (Å²) in [5.41, 5.74) is 7.52. The fraction of sp³-hybridized carbons (Fsp3) is 0.250. The summed E-state index contributed by atoms with van der Waals surface area (Å²) in [5.74, 6) is -0.458. The second kappa shape index (κ2) is 5.70. The summed E-state index contributed by atoms with van der Waals surface area (Å²) in [6.45, 7) is 1.86. The quantitative estimate of drug-likeness (QED) is 0.810. The molecule has 92 valence electrons. The topological polar surface area (TPSA) is 72.5 Å². The highest BCUT2D eigenvalue weighted by atomic mass is 35.5. The molecular formula is C12H14ClNO3. The molecule has 0 aliphatic rings. The van der Waals surface area contributed by atoms with Crippen molar-refractivity contribution in [1.82, 2.24) is 0 Å². The molecular weight excluding hydrogens is 242 g/mol. The van der Waals surface area contributed by atoms with Crippen LogP contribution in [0.4, 0.5) is 0 Å². The van der Waals surface area contributed by atoms with Crippen molar-refractivity contribution in [2.24, 2.45) is 5.73 Å². The van der Waals surface area contributed by atoms with Gasteiger partial charge in [-0.2, -0.15) is 0 Å². The predicted octanol–water partition coefficient (Wildman–Crippen LogP) is 2.30. The van der Waals surface area contributed by atoms with E-state index in [0.29, 0.717) is 10.8 Å². The van der Waals surface area contributed by atoms with Crippen LogP contribution in [0.15, 0.2) is 24.3 Å². The summed E-state index contributed by atoms with van der Waals surface area (Å²) in [6.07, 6.45) is 2.43. The summed E-state index contributed by atoms with van der Waals surface area (Å²) < 4.78 is 5.07. The normalized spacial score (nSPS) is 12.7.